The second kappa shape index (κ2) is 8.66. The molecule has 12 heteroatoms. The summed E-state index contributed by atoms with van der Waals surface area (Å²) in [4.78, 5) is 19.2. The number of fused-ring (bicyclic) bond motifs is 2. The summed E-state index contributed by atoms with van der Waals surface area (Å²) in [5, 5.41) is 29.8. The summed E-state index contributed by atoms with van der Waals surface area (Å²) >= 11 is 1.51. The summed E-state index contributed by atoms with van der Waals surface area (Å²) < 4.78 is 28.1. The first-order chi connectivity index (χ1) is 19.7. The highest BCUT2D eigenvalue weighted by Gasteiger charge is 2.82. The van der Waals surface area contributed by atoms with Crippen molar-refractivity contribution in [3.05, 3.63) is 54.0 Å². The summed E-state index contributed by atoms with van der Waals surface area (Å²) in [6, 6.07) is 10.4. The van der Waals surface area contributed by atoms with Crippen molar-refractivity contribution in [2.75, 3.05) is 10.6 Å². The highest BCUT2D eigenvalue weighted by atomic mass is 32.2. The molecule has 4 aliphatic rings. The SMILES string of the molecule is Cc1nc(NC2CC2)nc(NC2(O)CCC3C(S(=O)(=O)c4ccccc4)C32O)c1-c1nc2c(C3CC3)nccc2s1. The maximum atomic E-state index is 13.5. The Morgan fingerprint density at radius 3 is 2.51 bits per heavy atom. The summed E-state index contributed by atoms with van der Waals surface area (Å²) in [6.07, 6.45) is 6.64. The molecule has 212 valence electrons. The van der Waals surface area contributed by atoms with Crippen LogP contribution in [0.25, 0.3) is 20.8 Å². The van der Waals surface area contributed by atoms with Gasteiger partial charge in [0.2, 0.25) is 5.95 Å². The van der Waals surface area contributed by atoms with E-state index in [9.17, 15) is 18.6 Å². The molecule has 0 amide bonds. The zero-order chi connectivity index (χ0) is 28.1. The van der Waals surface area contributed by atoms with Gasteiger partial charge in [0.15, 0.2) is 15.6 Å². The Hall–Kier alpha value is -3.19. The van der Waals surface area contributed by atoms with Gasteiger partial charge in [-0.15, -0.1) is 11.3 Å². The smallest absolute Gasteiger partial charge is 0.225 e. The topological polar surface area (TPSA) is 150 Å². The predicted molar refractivity (Wildman–Crippen MR) is 155 cm³/mol. The van der Waals surface area contributed by atoms with Crippen LogP contribution in [-0.2, 0) is 9.84 Å². The average molecular weight is 591 g/mol. The number of aryl methyl sites for hydroxylation is 1. The van der Waals surface area contributed by atoms with Gasteiger partial charge in [0.05, 0.1) is 26.5 Å². The van der Waals surface area contributed by atoms with E-state index in [-0.39, 0.29) is 11.3 Å². The molecule has 1 aromatic carbocycles. The number of nitrogens with zero attached hydrogens (tertiary/aromatic N) is 4. The van der Waals surface area contributed by atoms with Gasteiger partial charge in [-0.05, 0) is 63.6 Å². The van der Waals surface area contributed by atoms with Gasteiger partial charge in [-0.3, -0.25) is 4.98 Å². The van der Waals surface area contributed by atoms with Crippen molar-refractivity contribution in [1.29, 1.82) is 0 Å². The van der Waals surface area contributed by atoms with Crippen LogP contribution >= 0.6 is 11.3 Å². The van der Waals surface area contributed by atoms with E-state index in [0.29, 0.717) is 46.4 Å². The van der Waals surface area contributed by atoms with Crippen molar-refractivity contribution in [3.63, 3.8) is 0 Å². The van der Waals surface area contributed by atoms with Crippen LogP contribution < -0.4 is 10.6 Å². The monoisotopic (exact) mass is 590 g/mol. The quantitative estimate of drug-likeness (QED) is 0.222. The fourth-order valence-electron chi connectivity index (χ4n) is 6.49. The van der Waals surface area contributed by atoms with Gasteiger partial charge in [-0.25, -0.2) is 18.4 Å². The molecule has 4 aliphatic carbocycles. The molecule has 0 bridgehead atoms. The molecule has 4 fully saturated rings. The predicted octanol–water partition coefficient (Wildman–Crippen LogP) is 4.01. The van der Waals surface area contributed by atoms with Gasteiger partial charge < -0.3 is 20.8 Å². The van der Waals surface area contributed by atoms with E-state index in [4.69, 9.17) is 15.0 Å². The number of thiazole rings is 1. The summed E-state index contributed by atoms with van der Waals surface area (Å²) in [5.74, 6) is 0.583. The van der Waals surface area contributed by atoms with Crippen molar-refractivity contribution < 1.29 is 18.6 Å². The van der Waals surface area contributed by atoms with Gasteiger partial charge in [-0.2, -0.15) is 4.98 Å². The lowest BCUT2D eigenvalue weighted by molar-refractivity contribution is -0.0616. The number of pyridine rings is 1. The first-order valence-corrected chi connectivity index (χ1v) is 16.5. The van der Waals surface area contributed by atoms with Crippen LogP contribution in [0.4, 0.5) is 11.8 Å². The van der Waals surface area contributed by atoms with Gasteiger partial charge in [-0.1, -0.05) is 18.2 Å². The van der Waals surface area contributed by atoms with Crippen molar-refractivity contribution in [2.45, 2.75) is 78.9 Å². The Morgan fingerprint density at radius 1 is 1.00 bits per heavy atom. The molecule has 4 aromatic rings. The Kier molecular flexibility index (Phi) is 5.39. The Labute approximate surface area is 241 Å². The molecule has 3 heterocycles. The largest absolute Gasteiger partial charge is 0.383 e. The van der Waals surface area contributed by atoms with Gasteiger partial charge in [0.25, 0.3) is 0 Å². The molecule has 4 unspecified atom stereocenters. The molecule has 0 radical (unpaired) electrons. The maximum Gasteiger partial charge on any atom is 0.225 e. The van der Waals surface area contributed by atoms with Crippen molar-refractivity contribution in [1.82, 2.24) is 19.9 Å². The minimum atomic E-state index is -3.87. The number of hydrogen-bond donors (Lipinski definition) is 4. The second-order valence-electron chi connectivity index (χ2n) is 11.8. The highest BCUT2D eigenvalue weighted by molar-refractivity contribution is 7.92. The van der Waals surface area contributed by atoms with E-state index in [1.807, 2.05) is 19.2 Å². The summed E-state index contributed by atoms with van der Waals surface area (Å²) in [5.41, 5.74) is -0.608. The van der Waals surface area contributed by atoms with E-state index < -0.39 is 32.3 Å². The van der Waals surface area contributed by atoms with E-state index in [2.05, 4.69) is 15.6 Å². The first-order valence-electron chi connectivity index (χ1n) is 14.1. The summed E-state index contributed by atoms with van der Waals surface area (Å²) in [6.45, 7) is 1.88. The van der Waals surface area contributed by atoms with E-state index in [1.54, 1.807) is 18.2 Å². The Morgan fingerprint density at radius 2 is 1.78 bits per heavy atom. The van der Waals surface area contributed by atoms with Crippen LogP contribution in [0, 0.1) is 12.8 Å². The molecule has 4 saturated carbocycles. The van der Waals surface area contributed by atoms with Crippen LogP contribution in [0.1, 0.15) is 55.8 Å². The number of aliphatic hydroxyl groups is 2. The van der Waals surface area contributed by atoms with E-state index in [0.717, 1.165) is 41.6 Å². The molecule has 8 rings (SSSR count). The number of rotatable bonds is 8. The van der Waals surface area contributed by atoms with Crippen LogP contribution in [0.3, 0.4) is 0 Å². The van der Waals surface area contributed by atoms with Crippen LogP contribution in [0.15, 0.2) is 47.5 Å². The Bertz CT molecular complexity index is 1810. The lowest BCUT2D eigenvalue weighted by atomic mass is 10.0. The standard InChI is InChI=1S/C29H30N6O4S2/c1-15-21(26-33-23-20(40-26)12-14-30-22(23)16-7-8-16)25(34-27(31-15)32-17-9-10-17)35-28(36)13-11-19-24(29(19,28)37)41(38,39)18-5-3-2-4-6-18/h2-6,12,14,16-17,19,24,36-37H,7-11,13H2,1H3,(H2,31,32,34,35). The molecular weight excluding hydrogens is 560 g/mol. The maximum absolute atomic E-state index is 13.5. The number of aromatic nitrogens is 4. The number of benzene rings is 1. The number of anilines is 2. The number of nitrogens with one attached hydrogen (secondary N) is 2. The third-order valence-electron chi connectivity index (χ3n) is 8.98. The van der Waals surface area contributed by atoms with Crippen molar-refractivity contribution in [2.24, 2.45) is 5.92 Å². The van der Waals surface area contributed by atoms with Crippen molar-refractivity contribution in [3.8, 4) is 10.6 Å². The molecule has 41 heavy (non-hydrogen) atoms. The van der Waals surface area contributed by atoms with Gasteiger partial charge >= 0.3 is 0 Å². The first kappa shape index (κ1) is 25.5. The van der Waals surface area contributed by atoms with Crippen LogP contribution in [0.2, 0.25) is 0 Å². The molecule has 4 N–H and O–H groups in total. The Balaban J connectivity index is 1.21. The van der Waals surface area contributed by atoms with Crippen molar-refractivity contribution >= 4 is 43.2 Å². The van der Waals surface area contributed by atoms with Crippen LogP contribution in [-0.4, -0.2) is 61.2 Å². The molecule has 3 aromatic heterocycles. The van der Waals surface area contributed by atoms with Crippen LogP contribution in [0.5, 0.6) is 0 Å². The van der Waals surface area contributed by atoms with E-state index >= 15 is 0 Å². The molecule has 0 aliphatic heterocycles. The lowest BCUT2D eigenvalue weighted by Crippen LogP contribution is -2.52. The highest BCUT2D eigenvalue weighted by Crippen LogP contribution is 2.65. The fourth-order valence-corrected chi connectivity index (χ4v) is 9.93. The average Bonchev–Trinajstić information content (AvgIpc) is 3.88. The second-order valence-corrected chi connectivity index (χ2v) is 14.9. The van der Waals surface area contributed by atoms with Gasteiger partial charge in [0.1, 0.15) is 27.2 Å². The molecule has 4 atom stereocenters. The molecular formula is C29H30N6O4S2. The van der Waals surface area contributed by atoms with E-state index in [1.165, 1.54) is 23.5 Å². The summed E-state index contributed by atoms with van der Waals surface area (Å²) in [7, 11) is -3.87. The molecule has 10 nitrogen and oxygen atoms in total. The fraction of sp³-hybridized carbons (Fsp3) is 0.448. The molecule has 0 saturated heterocycles. The lowest BCUT2D eigenvalue weighted by Gasteiger charge is -2.33. The third-order valence-corrected chi connectivity index (χ3v) is 12.3. The zero-order valence-corrected chi connectivity index (χ0v) is 24.0. The molecule has 0 spiro atoms. The zero-order valence-electron chi connectivity index (χ0n) is 22.4. The van der Waals surface area contributed by atoms with Gasteiger partial charge in [0, 0.05) is 24.1 Å². The normalized spacial score (nSPS) is 29.0. The minimum Gasteiger partial charge on any atom is -0.383 e. The third kappa shape index (κ3) is 3.91. The minimum absolute atomic E-state index is 0.138. The number of sulfone groups is 1. The number of hydrogen-bond acceptors (Lipinski definition) is 11.